The smallest absolute Gasteiger partial charge is 0.336 e. The van der Waals surface area contributed by atoms with Gasteiger partial charge in [-0.15, -0.1) is 0 Å². The van der Waals surface area contributed by atoms with Gasteiger partial charge in [0, 0.05) is 23.8 Å². The predicted octanol–water partition coefficient (Wildman–Crippen LogP) is 2.76. The normalized spacial score (nSPS) is 23.1. The summed E-state index contributed by atoms with van der Waals surface area (Å²) in [6.45, 7) is 2.85. The maximum absolute atomic E-state index is 10.9. The molecular formula is C13H16BrNO3. The molecule has 2 rings (SSSR count). The summed E-state index contributed by atoms with van der Waals surface area (Å²) in [5.74, 6) is -0.923. The number of aromatic carboxylic acids is 1. The summed E-state index contributed by atoms with van der Waals surface area (Å²) in [6, 6.07) is 5.64. The van der Waals surface area contributed by atoms with Crippen molar-refractivity contribution >= 4 is 27.6 Å². The lowest BCUT2D eigenvalue weighted by Gasteiger charge is -2.29. The van der Waals surface area contributed by atoms with Crippen LogP contribution in [0.2, 0.25) is 0 Å². The largest absolute Gasteiger partial charge is 0.478 e. The van der Waals surface area contributed by atoms with Crippen molar-refractivity contribution < 1.29 is 14.6 Å². The van der Waals surface area contributed by atoms with Gasteiger partial charge in [0.05, 0.1) is 17.7 Å². The zero-order valence-corrected chi connectivity index (χ0v) is 12.0. The number of carboxylic acids is 1. The number of anilines is 1. The van der Waals surface area contributed by atoms with E-state index < -0.39 is 5.97 Å². The molecule has 0 aromatic heterocycles. The molecule has 1 aromatic rings. The molecule has 98 valence electrons. The molecule has 0 amide bonds. The molecule has 1 N–H and O–H groups in total. The number of carboxylic acid groups (broad SMARTS) is 1. The first-order valence-corrected chi connectivity index (χ1v) is 6.67. The number of nitrogens with zero attached hydrogens (tertiary/aromatic N) is 1. The van der Waals surface area contributed by atoms with E-state index >= 15 is 0 Å². The molecule has 2 atom stereocenters. The van der Waals surface area contributed by atoms with Crippen molar-refractivity contribution in [3.63, 3.8) is 0 Å². The van der Waals surface area contributed by atoms with E-state index in [1.54, 1.807) is 6.07 Å². The summed E-state index contributed by atoms with van der Waals surface area (Å²) in [7, 11) is 2.01. The van der Waals surface area contributed by atoms with Crippen molar-refractivity contribution in [2.24, 2.45) is 0 Å². The Morgan fingerprint density at radius 3 is 2.78 bits per heavy atom. The van der Waals surface area contributed by atoms with Crippen molar-refractivity contribution in [3.8, 4) is 0 Å². The first kappa shape index (κ1) is 13.4. The minimum Gasteiger partial charge on any atom is -0.478 e. The van der Waals surface area contributed by atoms with E-state index in [1.807, 2.05) is 19.2 Å². The van der Waals surface area contributed by atoms with E-state index in [2.05, 4.69) is 27.8 Å². The SMILES string of the molecule is CC1OCCC1N(C)c1ccc(C(=O)O)c(Br)c1. The lowest BCUT2D eigenvalue weighted by atomic mass is 10.1. The van der Waals surface area contributed by atoms with Gasteiger partial charge in [0.25, 0.3) is 0 Å². The lowest BCUT2D eigenvalue weighted by Crippen LogP contribution is -2.36. The van der Waals surface area contributed by atoms with Gasteiger partial charge in [-0.25, -0.2) is 4.79 Å². The zero-order valence-electron chi connectivity index (χ0n) is 10.4. The Hall–Kier alpha value is -1.07. The highest BCUT2D eigenvalue weighted by Gasteiger charge is 2.28. The third-order valence-electron chi connectivity index (χ3n) is 3.42. The molecule has 1 fully saturated rings. The Morgan fingerprint density at radius 2 is 2.28 bits per heavy atom. The average Bonchev–Trinajstić information content (AvgIpc) is 2.74. The summed E-state index contributed by atoms with van der Waals surface area (Å²) < 4.78 is 6.16. The Labute approximate surface area is 115 Å². The van der Waals surface area contributed by atoms with Crippen molar-refractivity contribution in [2.45, 2.75) is 25.5 Å². The number of likely N-dealkylation sites (N-methyl/N-ethyl adjacent to an activating group) is 1. The fraction of sp³-hybridized carbons (Fsp3) is 0.462. The van der Waals surface area contributed by atoms with E-state index in [0.29, 0.717) is 10.5 Å². The standard InChI is InChI=1S/C13H16BrNO3/c1-8-12(5-6-18-8)15(2)9-3-4-10(13(16)17)11(14)7-9/h3-4,7-8,12H,5-6H2,1-2H3,(H,16,17). The minimum atomic E-state index is -0.923. The maximum atomic E-state index is 10.9. The highest BCUT2D eigenvalue weighted by atomic mass is 79.9. The van der Waals surface area contributed by atoms with Gasteiger partial charge >= 0.3 is 5.97 Å². The Bertz CT molecular complexity index is 464. The summed E-state index contributed by atoms with van der Waals surface area (Å²) in [6.07, 6.45) is 1.20. The van der Waals surface area contributed by atoms with Crippen LogP contribution in [0, 0.1) is 0 Å². The molecule has 4 nitrogen and oxygen atoms in total. The number of halogens is 1. The predicted molar refractivity (Wildman–Crippen MR) is 73.3 cm³/mol. The van der Waals surface area contributed by atoms with Crippen LogP contribution in [0.4, 0.5) is 5.69 Å². The molecule has 1 aliphatic rings. The maximum Gasteiger partial charge on any atom is 0.336 e. The second kappa shape index (κ2) is 5.28. The summed E-state index contributed by atoms with van der Waals surface area (Å²) >= 11 is 3.30. The van der Waals surface area contributed by atoms with E-state index in [4.69, 9.17) is 9.84 Å². The van der Waals surface area contributed by atoms with Crippen molar-refractivity contribution in [2.75, 3.05) is 18.6 Å². The van der Waals surface area contributed by atoms with Crippen LogP contribution in [-0.2, 0) is 4.74 Å². The quantitative estimate of drug-likeness (QED) is 0.932. The Kier molecular flexibility index (Phi) is 3.92. The monoisotopic (exact) mass is 313 g/mol. The third-order valence-corrected chi connectivity index (χ3v) is 4.08. The van der Waals surface area contributed by atoms with Crippen LogP contribution in [0.3, 0.4) is 0 Å². The van der Waals surface area contributed by atoms with E-state index in [9.17, 15) is 4.79 Å². The fourth-order valence-electron chi connectivity index (χ4n) is 2.32. The zero-order chi connectivity index (χ0) is 13.3. The Morgan fingerprint density at radius 1 is 1.56 bits per heavy atom. The molecule has 1 aromatic carbocycles. The number of hydrogen-bond acceptors (Lipinski definition) is 3. The molecule has 5 heteroatoms. The van der Waals surface area contributed by atoms with Gasteiger partial charge < -0.3 is 14.7 Å². The molecule has 2 unspecified atom stereocenters. The molecule has 0 spiro atoms. The van der Waals surface area contributed by atoms with E-state index in [0.717, 1.165) is 18.7 Å². The summed E-state index contributed by atoms with van der Waals surface area (Å²) in [5.41, 5.74) is 1.28. The summed E-state index contributed by atoms with van der Waals surface area (Å²) in [5, 5.41) is 8.99. The fourth-order valence-corrected chi connectivity index (χ4v) is 2.85. The Balaban J connectivity index is 2.23. The summed E-state index contributed by atoms with van der Waals surface area (Å²) in [4.78, 5) is 13.1. The second-order valence-corrected chi connectivity index (χ2v) is 5.37. The van der Waals surface area contributed by atoms with Crippen LogP contribution in [-0.4, -0.2) is 36.9 Å². The van der Waals surface area contributed by atoms with Gasteiger partial charge in [0.2, 0.25) is 0 Å². The molecule has 18 heavy (non-hydrogen) atoms. The van der Waals surface area contributed by atoms with Gasteiger partial charge in [-0.2, -0.15) is 0 Å². The van der Waals surface area contributed by atoms with Crippen molar-refractivity contribution in [1.29, 1.82) is 0 Å². The van der Waals surface area contributed by atoms with Crippen LogP contribution in [0.5, 0.6) is 0 Å². The van der Waals surface area contributed by atoms with Gasteiger partial charge in [-0.05, 0) is 47.5 Å². The van der Waals surface area contributed by atoms with Crippen molar-refractivity contribution in [3.05, 3.63) is 28.2 Å². The van der Waals surface area contributed by atoms with Gasteiger partial charge in [0.1, 0.15) is 0 Å². The lowest BCUT2D eigenvalue weighted by molar-refractivity contribution is 0.0696. The first-order chi connectivity index (χ1) is 8.50. The van der Waals surface area contributed by atoms with Crippen LogP contribution >= 0.6 is 15.9 Å². The van der Waals surface area contributed by atoms with Gasteiger partial charge in [-0.1, -0.05) is 0 Å². The molecule has 0 bridgehead atoms. The van der Waals surface area contributed by atoms with Crippen LogP contribution < -0.4 is 4.90 Å². The number of benzene rings is 1. The molecule has 0 radical (unpaired) electrons. The van der Waals surface area contributed by atoms with E-state index in [-0.39, 0.29) is 11.7 Å². The van der Waals surface area contributed by atoms with Gasteiger partial charge in [0.15, 0.2) is 0 Å². The molecule has 0 aliphatic carbocycles. The molecule has 1 aliphatic heterocycles. The van der Waals surface area contributed by atoms with Crippen LogP contribution in [0.1, 0.15) is 23.7 Å². The molecule has 0 saturated carbocycles. The second-order valence-electron chi connectivity index (χ2n) is 4.51. The molecular weight excluding hydrogens is 298 g/mol. The first-order valence-electron chi connectivity index (χ1n) is 5.88. The molecule has 1 heterocycles. The number of hydrogen-bond donors (Lipinski definition) is 1. The topological polar surface area (TPSA) is 49.8 Å². The van der Waals surface area contributed by atoms with Crippen LogP contribution in [0.15, 0.2) is 22.7 Å². The number of carbonyl (C=O) groups is 1. The van der Waals surface area contributed by atoms with Crippen molar-refractivity contribution in [1.82, 2.24) is 0 Å². The van der Waals surface area contributed by atoms with Gasteiger partial charge in [-0.3, -0.25) is 0 Å². The van der Waals surface area contributed by atoms with Crippen LogP contribution in [0.25, 0.3) is 0 Å². The number of rotatable bonds is 3. The highest BCUT2D eigenvalue weighted by molar-refractivity contribution is 9.10. The minimum absolute atomic E-state index is 0.202. The van der Waals surface area contributed by atoms with E-state index in [1.165, 1.54) is 0 Å². The average molecular weight is 314 g/mol. The number of ether oxygens (including phenoxy) is 1. The highest BCUT2D eigenvalue weighted by Crippen LogP contribution is 2.28. The molecule has 1 saturated heterocycles. The third kappa shape index (κ3) is 2.52.